The highest BCUT2D eigenvalue weighted by Gasteiger charge is 2.35. The summed E-state index contributed by atoms with van der Waals surface area (Å²) >= 11 is 0. The van der Waals surface area contributed by atoms with Crippen LogP contribution in [0.2, 0.25) is 0 Å². The van der Waals surface area contributed by atoms with E-state index < -0.39 is 5.92 Å². The second kappa shape index (κ2) is 7.61. The number of anilines is 3. The molecule has 0 saturated carbocycles. The Labute approximate surface area is 158 Å². The summed E-state index contributed by atoms with van der Waals surface area (Å²) in [5.41, 5.74) is 2.94. The van der Waals surface area contributed by atoms with Crippen molar-refractivity contribution in [1.29, 1.82) is 0 Å². The van der Waals surface area contributed by atoms with Crippen LogP contribution < -0.4 is 15.1 Å². The van der Waals surface area contributed by atoms with E-state index in [4.69, 9.17) is 0 Å². The van der Waals surface area contributed by atoms with Gasteiger partial charge in [-0.05, 0) is 43.3 Å². The van der Waals surface area contributed by atoms with Crippen molar-refractivity contribution in [3.63, 3.8) is 0 Å². The molecule has 27 heavy (non-hydrogen) atoms. The summed E-state index contributed by atoms with van der Waals surface area (Å²) in [6.07, 6.45) is 0.174. The molecular weight excluding hydrogens is 342 g/mol. The van der Waals surface area contributed by atoms with Gasteiger partial charge in [0.05, 0.1) is 5.92 Å². The molecule has 1 aliphatic heterocycles. The zero-order valence-corrected chi connectivity index (χ0v) is 15.7. The Bertz CT molecular complexity index is 874. The molecule has 1 heterocycles. The van der Waals surface area contributed by atoms with Gasteiger partial charge in [0, 0.05) is 49.7 Å². The summed E-state index contributed by atoms with van der Waals surface area (Å²) in [4.78, 5) is 40.1. The minimum atomic E-state index is -0.424. The summed E-state index contributed by atoms with van der Waals surface area (Å²) < 4.78 is 0. The van der Waals surface area contributed by atoms with Gasteiger partial charge in [0.25, 0.3) is 0 Å². The molecule has 1 saturated heterocycles. The summed E-state index contributed by atoms with van der Waals surface area (Å²) in [5, 5.41) is 2.82. The predicted octanol–water partition coefficient (Wildman–Crippen LogP) is 2.95. The molecule has 0 aromatic heterocycles. The molecule has 1 unspecified atom stereocenters. The Morgan fingerprint density at radius 2 is 1.81 bits per heavy atom. The summed E-state index contributed by atoms with van der Waals surface area (Å²) in [7, 11) is 3.91. The molecule has 2 aromatic carbocycles. The highest BCUT2D eigenvalue weighted by atomic mass is 16.2. The normalized spacial score (nSPS) is 16.3. The lowest BCUT2D eigenvalue weighted by Crippen LogP contribution is -2.28. The van der Waals surface area contributed by atoms with Gasteiger partial charge in [-0.25, -0.2) is 0 Å². The maximum absolute atomic E-state index is 12.6. The second-order valence-corrected chi connectivity index (χ2v) is 6.94. The van der Waals surface area contributed by atoms with E-state index in [9.17, 15) is 14.4 Å². The fourth-order valence-corrected chi connectivity index (χ4v) is 3.12. The van der Waals surface area contributed by atoms with Crippen molar-refractivity contribution in [2.75, 3.05) is 35.8 Å². The predicted molar refractivity (Wildman–Crippen MR) is 106 cm³/mol. The third kappa shape index (κ3) is 4.16. The van der Waals surface area contributed by atoms with Crippen LogP contribution in [0.25, 0.3) is 0 Å². The van der Waals surface area contributed by atoms with E-state index in [0.717, 1.165) is 11.4 Å². The molecule has 6 nitrogen and oxygen atoms in total. The molecule has 140 valence electrons. The van der Waals surface area contributed by atoms with Gasteiger partial charge in [-0.1, -0.05) is 12.1 Å². The van der Waals surface area contributed by atoms with Crippen LogP contribution in [0.3, 0.4) is 0 Å². The number of amides is 2. The quantitative estimate of drug-likeness (QED) is 0.827. The smallest absolute Gasteiger partial charge is 0.229 e. The van der Waals surface area contributed by atoms with Crippen LogP contribution in [-0.2, 0) is 9.59 Å². The summed E-state index contributed by atoms with van der Waals surface area (Å²) in [6.45, 7) is 1.83. The fourth-order valence-electron chi connectivity index (χ4n) is 3.12. The molecule has 0 spiro atoms. The van der Waals surface area contributed by atoms with E-state index in [0.29, 0.717) is 17.8 Å². The fraction of sp³-hybridized carbons (Fsp3) is 0.286. The van der Waals surface area contributed by atoms with Crippen molar-refractivity contribution < 1.29 is 14.4 Å². The van der Waals surface area contributed by atoms with Gasteiger partial charge in [0.15, 0.2) is 5.78 Å². The van der Waals surface area contributed by atoms with E-state index in [1.807, 2.05) is 43.3 Å². The van der Waals surface area contributed by atoms with Crippen molar-refractivity contribution in [2.24, 2.45) is 5.92 Å². The van der Waals surface area contributed by atoms with Crippen LogP contribution in [-0.4, -0.2) is 38.2 Å². The lowest BCUT2D eigenvalue weighted by molar-refractivity contribution is -0.122. The number of nitrogens with one attached hydrogen (secondary N) is 1. The van der Waals surface area contributed by atoms with E-state index in [-0.39, 0.29) is 24.0 Å². The number of rotatable bonds is 5. The Morgan fingerprint density at radius 1 is 1.11 bits per heavy atom. The van der Waals surface area contributed by atoms with Gasteiger partial charge in [-0.15, -0.1) is 0 Å². The maximum atomic E-state index is 12.6. The van der Waals surface area contributed by atoms with Crippen molar-refractivity contribution in [3.8, 4) is 0 Å². The first-order valence-corrected chi connectivity index (χ1v) is 8.85. The molecular formula is C21H23N3O3. The first-order valence-electron chi connectivity index (χ1n) is 8.85. The van der Waals surface area contributed by atoms with E-state index >= 15 is 0 Å². The molecule has 0 aliphatic carbocycles. The third-order valence-corrected chi connectivity index (χ3v) is 4.71. The van der Waals surface area contributed by atoms with Crippen LogP contribution in [0.4, 0.5) is 17.1 Å². The molecule has 1 N–H and O–H groups in total. The number of nitrogens with zero attached hydrogens (tertiary/aromatic N) is 2. The molecule has 2 amide bonds. The monoisotopic (exact) mass is 365 g/mol. The molecule has 1 aliphatic rings. The van der Waals surface area contributed by atoms with Gasteiger partial charge in [0.2, 0.25) is 11.8 Å². The minimum absolute atomic E-state index is 0.0607. The largest absolute Gasteiger partial charge is 0.378 e. The van der Waals surface area contributed by atoms with Crippen LogP contribution in [0.1, 0.15) is 23.7 Å². The number of carbonyl (C=O) groups excluding carboxylic acids is 3. The Hall–Kier alpha value is -3.15. The molecule has 0 bridgehead atoms. The van der Waals surface area contributed by atoms with E-state index in [2.05, 4.69) is 5.32 Å². The summed E-state index contributed by atoms with van der Waals surface area (Å²) in [6, 6.07) is 14.5. The molecule has 6 heteroatoms. The first-order chi connectivity index (χ1) is 12.8. The van der Waals surface area contributed by atoms with Crippen molar-refractivity contribution in [3.05, 3.63) is 54.1 Å². The number of hydrogen-bond donors (Lipinski definition) is 1. The number of ketones is 1. The average molecular weight is 365 g/mol. The first kappa shape index (κ1) is 18.6. The van der Waals surface area contributed by atoms with Gasteiger partial charge < -0.3 is 15.1 Å². The molecule has 2 aromatic rings. The molecule has 3 rings (SSSR count). The topological polar surface area (TPSA) is 69.7 Å². The average Bonchev–Trinajstić information content (AvgIpc) is 3.04. The standard InChI is InChI=1S/C21H23N3O3/c1-14(25)15-5-4-6-17(11-15)22-21(27)16-12-20(26)24(13-16)19-9-7-18(8-10-19)23(2)3/h4-11,16H,12-13H2,1-3H3,(H,22,27). The number of hydrogen-bond acceptors (Lipinski definition) is 4. The highest BCUT2D eigenvalue weighted by molar-refractivity contribution is 6.04. The summed E-state index contributed by atoms with van der Waals surface area (Å²) in [5.74, 6) is -0.761. The van der Waals surface area contributed by atoms with E-state index in [1.54, 1.807) is 29.2 Å². The van der Waals surface area contributed by atoms with Gasteiger partial charge in [0.1, 0.15) is 0 Å². The van der Waals surface area contributed by atoms with E-state index in [1.165, 1.54) is 6.92 Å². The van der Waals surface area contributed by atoms with Crippen molar-refractivity contribution in [2.45, 2.75) is 13.3 Å². The highest BCUT2D eigenvalue weighted by Crippen LogP contribution is 2.27. The van der Waals surface area contributed by atoms with Crippen LogP contribution in [0.5, 0.6) is 0 Å². The zero-order chi connectivity index (χ0) is 19.6. The molecule has 1 fully saturated rings. The van der Waals surface area contributed by atoms with Gasteiger partial charge >= 0.3 is 0 Å². The van der Waals surface area contributed by atoms with Crippen molar-refractivity contribution in [1.82, 2.24) is 0 Å². The van der Waals surface area contributed by atoms with Gasteiger partial charge in [-0.3, -0.25) is 14.4 Å². The van der Waals surface area contributed by atoms with Crippen LogP contribution >= 0.6 is 0 Å². The Morgan fingerprint density at radius 3 is 2.44 bits per heavy atom. The lowest BCUT2D eigenvalue weighted by atomic mass is 10.1. The van der Waals surface area contributed by atoms with Crippen LogP contribution in [0.15, 0.2) is 48.5 Å². The Kier molecular flexibility index (Phi) is 5.26. The molecule has 1 atom stereocenters. The van der Waals surface area contributed by atoms with Crippen molar-refractivity contribution >= 4 is 34.7 Å². The second-order valence-electron chi connectivity index (χ2n) is 6.94. The van der Waals surface area contributed by atoms with Crippen LogP contribution in [0, 0.1) is 5.92 Å². The zero-order valence-electron chi connectivity index (χ0n) is 15.7. The minimum Gasteiger partial charge on any atom is -0.378 e. The van der Waals surface area contributed by atoms with Gasteiger partial charge in [-0.2, -0.15) is 0 Å². The molecule has 0 radical (unpaired) electrons. The number of benzene rings is 2. The number of carbonyl (C=O) groups is 3. The third-order valence-electron chi connectivity index (χ3n) is 4.71. The lowest BCUT2D eigenvalue weighted by Gasteiger charge is -2.19. The SMILES string of the molecule is CC(=O)c1cccc(NC(=O)C2CC(=O)N(c3ccc(N(C)C)cc3)C2)c1. The maximum Gasteiger partial charge on any atom is 0.229 e. The number of Topliss-reactive ketones (excluding diaryl/α,β-unsaturated/α-hetero) is 1. The Balaban J connectivity index is 1.68.